The molecule has 0 bridgehead atoms. The Bertz CT molecular complexity index is 584. The lowest BCUT2D eigenvalue weighted by Crippen LogP contribution is -2.04. The lowest BCUT2D eigenvalue weighted by atomic mass is 10.2. The molecule has 8 heteroatoms. The molecule has 0 radical (unpaired) electrons. The molecule has 0 saturated heterocycles. The van der Waals surface area contributed by atoms with Gasteiger partial charge < -0.3 is 9.84 Å². The zero-order chi connectivity index (χ0) is 13.1. The van der Waals surface area contributed by atoms with Gasteiger partial charge in [0.1, 0.15) is 5.69 Å². The Labute approximate surface area is 107 Å². The fourth-order valence-electron chi connectivity index (χ4n) is 1.40. The predicted molar refractivity (Wildman–Crippen MR) is 64.5 cm³/mol. The van der Waals surface area contributed by atoms with Crippen molar-refractivity contribution in [3.63, 3.8) is 0 Å². The van der Waals surface area contributed by atoms with E-state index in [1.165, 1.54) is 18.2 Å². The number of benzene rings is 1. The number of nitro groups is 1. The van der Waals surface area contributed by atoms with Crippen molar-refractivity contribution in [2.45, 2.75) is 13.5 Å². The Kier molecular flexibility index (Phi) is 3.42. The zero-order valence-electron chi connectivity index (χ0n) is 9.38. The van der Waals surface area contributed by atoms with Crippen LogP contribution in [-0.4, -0.2) is 15.1 Å². The molecule has 2 aromatic rings. The van der Waals surface area contributed by atoms with Crippen LogP contribution in [0.5, 0.6) is 0 Å². The molecule has 1 N–H and O–H groups in total. The predicted octanol–water partition coefficient (Wildman–Crippen LogP) is 2.55. The summed E-state index contributed by atoms with van der Waals surface area (Å²) in [4.78, 5) is 14.3. The summed E-state index contributed by atoms with van der Waals surface area (Å²) >= 11 is 5.80. The molecule has 1 aromatic carbocycles. The highest BCUT2D eigenvalue weighted by atomic mass is 35.5. The van der Waals surface area contributed by atoms with Gasteiger partial charge in [-0.3, -0.25) is 10.1 Å². The number of aryl methyl sites for hydroxylation is 1. The van der Waals surface area contributed by atoms with Crippen LogP contribution < -0.4 is 5.32 Å². The highest BCUT2D eigenvalue weighted by Crippen LogP contribution is 2.27. The molecule has 0 aliphatic heterocycles. The summed E-state index contributed by atoms with van der Waals surface area (Å²) in [5.74, 6) is 0.856. The second kappa shape index (κ2) is 5.01. The number of nitrogens with one attached hydrogen (secondary N) is 1. The maximum absolute atomic E-state index is 10.8. The summed E-state index contributed by atoms with van der Waals surface area (Å²) in [5, 5.41) is 17.8. The van der Waals surface area contributed by atoms with Gasteiger partial charge in [0, 0.05) is 18.0 Å². The number of rotatable bonds is 4. The van der Waals surface area contributed by atoms with Crippen molar-refractivity contribution < 1.29 is 9.45 Å². The number of nitrogens with zero attached hydrogens (tertiary/aromatic N) is 3. The smallest absolute Gasteiger partial charge is 0.292 e. The monoisotopic (exact) mass is 268 g/mol. The molecular weight excluding hydrogens is 260 g/mol. The van der Waals surface area contributed by atoms with Gasteiger partial charge in [-0.15, -0.1) is 0 Å². The minimum Gasteiger partial charge on any atom is -0.372 e. The van der Waals surface area contributed by atoms with Gasteiger partial charge in [0.25, 0.3) is 5.69 Å². The summed E-state index contributed by atoms with van der Waals surface area (Å²) in [5.41, 5.74) is 0.259. The Morgan fingerprint density at radius 1 is 1.56 bits per heavy atom. The van der Waals surface area contributed by atoms with Gasteiger partial charge in [0.2, 0.25) is 5.89 Å². The molecule has 1 aromatic heterocycles. The van der Waals surface area contributed by atoms with Gasteiger partial charge in [-0.1, -0.05) is 16.8 Å². The van der Waals surface area contributed by atoms with Gasteiger partial charge in [0.15, 0.2) is 5.82 Å². The van der Waals surface area contributed by atoms with E-state index in [-0.39, 0.29) is 12.2 Å². The molecular formula is C10H9ClN4O3. The van der Waals surface area contributed by atoms with Crippen molar-refractivity contribution in [3.05, 3.63) is 45.1 Å². The fraction of sp³-hybridized carbons (Fsp3) is 0.200. The average molecular weight is 269 g/mol. The lowest BCUT2D eigenvalue weighted by Gasteiger charge is -2.04. The number of aromatic nitrogens is 2. The third-order valence-corrected chi connectivity index (χ3v) is 2.40. The first kappa shape index (κ1) is 12.3. The third kappa shape index (κ3) is 2.75. The van der Waals surface area contributed by atoms with Gasteiger partial charge >= 0.3 is 0 Å². The van der Waals surface area contributed by atoms with Crippen molar-refractivity contribution >= 4 is 23.0 Å². The maximum Gasteiger partial charge on any atom is 0.292 e. The Balaban J connectivity index is 2.17. The van der Waals surface area contributed by atoms with Crippen LogP contribution in [0.4, 0.5) is 11.4 Å². The number of anilines is 1. The Morgan fingerprint density at radius 3 is 2.94 bits per heavy atom. The highest BCUT2D eigenvalue weighted by Gasteiger charge is 2.14. The topological polar surface area (TPSA) is 94.1 Å². The van der Waals surface area contributed by atoms with Crippen molar-refractivity contribution in [2.24, 2.45) is 0 Å². The van der Waals surface area contributed by atoms with E-state index in [9.17, 15) is 10.1 Å². The van der Waals surface area contributed by atoms with E-state index >= 15 is 0 Å². The van der Waals surface area contributed by atoms with Gasteiger partial charge in [0.05, 0.1) is 11.5 Å². The van der Waals surface area contributed by atoms with Crippen LogP contribution in [0, 0.1) is 17.0 Å². The van der Waals surface area contributed by atoms with Crippen LogP contribution in [0.1, 0.15) is 11.7 Å². The number of nitro benzene ring substituents is 1. The highest BCUT2D eigenvalue weighted by molar-refractivity contribution is 6.31. The number of hydrogen-bond donors (Lipinski definition) is 1. The zero-order valence-corrected chi connectivity index (χ0v) is 10.1. The molecule has 0 fully saturated rings. The van der Waals surface area contributed by atoms with E-state index in [0.29, 0.717) is 22.4 Å². The molecule has 2 rings (SSSR count). The van der Waals surface area contributed by atoms with Crippen LogP contribution >= 0.6 is 11.6 Å². The van der Waals surface area contributed by atoms with E-state index in [2.05, 4.69) is 15.5 Å². The first-order valence-electron chi connectivity index (χ1n) is 5.03. The van der Waals surface area contributed by atoms with E-state index in [1.807, 2.05) is 0 Å². The molecule has 7 nitrogen and oxygen atoms in total. The number of hydrogen-bond acceptors (Lipinski definition) is 6. The molecule has 0 amide bonds. The first-order valence-corrected chi connectivity index (χ1v) is 5.41. The molecule has 0 aliphatic rings. The van der Waals surface area contributed by atoms with Crippen molar-refractivity contribution in [2.75, 3.05) is 5.32 Å². The van der Waals surface area contributed by atoms with Gasteiger partial charge in [-0.25, -0.2) is 0 Å². The van der Waals surface area contributed by atoms with E-state index in [1.54, 1.807) is 6.92 Å². The van der Waals surface area contributed by atoms with Crippen molar-refractivity contribution in [3.8, 4) is 0 Å². The maximum atomic E-state index is 10.8. The molecule has 18 heavy (non-hydrogen) atoms. The standard InChI is InChI=1S/C10H9ClN4O3/c1-6-13-10(14-18-6)5-12-8-4-7(11)2-3-9(8)15(16)17/h2-4,12H,5H2,1H3. The molecule has 0 unspecified atom stereocenters. The molecule has 0 aliphatic carbocycles. The van der Waals surface area contributed by atoms with Crippen LogP contribution in [-0.2, 0) is 6.54 Å². The fourth-order valence-corrected chi connectivity index (χ4v) is 1.57. The normalized spacial score (nSPS) is 10.3. The van der Waals surface area contributed by atoms with E-state index < -0.39 is 4.92 Å². The van der Waals surface area contributed by atoms with Crippen LogP contribution in [0.25, 0.3) is 0 Å². The van der Waals surface area contributed by atoms with Gasteiger partial charge in [-0.2, -0.15) is 4.98 Å². The van der Waals surface area contributed by atoms with E-state index in [4.69, 9.17) is 16.1 Å². The van der Waals surface area contributed by atoms with Crippen LogP contribution in [0.2, 0.25) is 5.02 Å². The Morgan fingerprint density at radius 2 is 2.33 bits per heavy atom. The largest absolute Gasteiger partial charge is 0.372 e. The summed E-state index contributed by atoms with van der Waals surface area (Å²) in [7, 11) is 0. The molecule has 0 atom stereocenters. The third-order valence-electron chi connectivity index (χ3n) is 2.16. The van der Waals surface area contributed by atoms with Crippen LogP contribution in [0.3, 0.4) is 0 Å². The van der Waals surface area contributed by atoms with Crippen LogP contribution in [0.15, 0.2) is 22.7 Å². The average Bonchev–Trinajstić information content (AvgIpc) is 2.72. The molecule has 0 saturated carbocycles. The minimum atomic E-state index is -0.486. The second-order valence-electron chi connectivity index (χ2n) is 3.50. The van der Waals surface area contributed by atoms with Gasteiger partial charge in [-0.05, 0) is 12.1 Å². The molecule has 0 spiro atoms. The quantitative estimate of drug-likeness (QED) is 0.676. The molecule has 1 heterocycles. The van der Waals surface area contributed by atoms with Crippen molar-refractivity contribution in [1.82, 2.24) is 10.1 Å². The second-order valence-corrected chi connectivity index (χ2v) is 3.94. The summed E-state index contributed by atoms with van der Waals surface area (Å²) in [6.45, 7) is 1.89. The Hall–Kier alpha value is -2.15. The summed E-state index contributed by atoms with van der Waals surface area (Å²) < 4.78 is 4.79. The summed E-state index contributed by atoms with van der Waals surface area (Å²) in [6.07, 6.45) is 0. The minimum absolute atomic E-state index is 0.0559. The first-order chi connectivity index (χ1) is 8.56. The van der Waals surface area contributed by atoms with E-state index in [0.717, 1.165) is 0 Å². The SMILES string of the molecule is Cc1nc(CNc2cc(Cl)ccc2[N+](=O)[O-])no1. The lowest BCUT2D eigenvalue weighted by molar-refractivity contribution is -0.384. The van der Waals surface area contributed by atoms with Crippen molar-refractivity contribution in [1.29, 1.82) is 0 Å². The molecule has 94 valence electrons. The number of halogens is 1. The summed E-state index contributed by atoms with van der Waals surface area (Å²) in [6, 6.07) is 4.28.